The van der Waals surface area contributed by atoms with E-state index in [4.69, 9.17) is 11.6 Å². The maximum Gasteiger partial charge on any atom is 0.573 e. The topological polar surface area (TPSA) is 55.0 Å². The van der Waals surface area contributed by atoms with Crippen LogP contribution in [-0.4, -0.2) is 16.3 Å². The van der Waals surface area contributed by atoms with Crippen LogP contribution in [0.15, 0.2) is 35.4 Å². The van der Waals surface area contributed by atoms with E-state index in [9.17, 15) is 18.0 Å². The molecule has 1 N–H and O–H groups in total. The maximum absolute atomic E-state index is 12.3. The Morgan fingerprint density at radius 2 is 2.00 bits per heavy atom. The summed E-state index contributed by atoms with van der Waals surface area (Å²) in [5.74, 6) is -0.477. The van der Waals surface area contributed by atoms with Gasteiger partial charge in [-0.25, -0.2) is 4.98 Å². The van der Waals surface area contributed by atoms with E-state index in [2.05, 4.69) is 14.7 Å². The average molecular weight is 291 g/mol. The number of H-pyrrole nitrogens is 1. The Morgan fingerprint density at radius 3 is 2.63 bits per heavy atom. The van der Waals surface area contributed by atoms with Crippen molar-refractivity contribution in [2.75, 3.05) is 0 Å². The molecule has 0 unspecified atom stereocenters. The molecule has 19 heavy (non-hydrogen) atoms. The zero-order valence-corrected chi connectivity index (χ0v) is 9.92. The fourth-order valence-corrected chi connectivity index (χ4v) is 1.60. The normalized spacial score (nSPS) is 11.4. The van der Waals surface area contributed by atoms with Gasteiger partial charge in [0.05, 0.1) is 12.0 Å². The highest BCUT2D eigenvalue weighted by molar-refractivity contribution is 6.30. The molecular formula is C11H6ClF3N2O2. The quantitative estimate of drug-likeness (QED) is 0.925. The lowest BCUT2D eigenvalue weighted by Gasteiger charge is -2.13. The van der Waals surface area contributed by atoms with Gasteiger partial charge in [0.15, 0.2) is 0 Å². The van der Waals surface area contributed by atoms with Crippen molar-refractivity contribution in [2.45, 2.75) is 6.36 Å². The third kappa shape index (κ3) is 3.47. The van der Waals surface area contributed by atoms with Gasteiger partial charge >= 0.3 is 6.36 Å². The van der Waals surface area contributed by atoms with E-state index in [0.29, 0.717) is 0 Å². The molecule has 0 saturated carbocycles. The molecule has 100 valence electrons. The van der Waals surface area contributed by atoms with Crippen molar-refractivity contribution in [3.63, 3.8) is 0 Å². The zero-order valence-electron chi connectivity index (χ0n) is 9.16. The first-order valence-corrected chi connectivity index (χ1v) is 5.33. The second-order valence-corrected chi connectivity index (χ2v) is 3.92. The predicted molar refractivity (Wildman–Crippen MR) is 62.0 cm³/mol. The number of aromatic amines is 1. The summed E-state index contributed by atoms with van der Waals surface area (Å²) >= 11 is 5.73. The first-order valence-electron chi connectivity index (χ1n) is 4.95. The van der Waals surface area contributed by atoms with E-state index in [1.54, 1.807) is 0 Å². The van der Waals surface area contributed by atoms with Gasteiger partial charge in [-0.1, -0.05) is 11.6 Å². The van der Waals surface area contributed by atoms with Gasteiger partial charge in [-0.15, -0.1) is 13.2 Å². The van der Waals surface area contributed by atoms with Gasteiger partial charge in [0.25, 0.3) is 5.56 Å². The highest BCUT2D eigenvalue weighted by Crippen LogP contribution is 2.34. The van der Waals surface area contributed by atoms with Gasteiger partial charge in [0.1, 0.15) is 5.75 Å². The van der Waals surface area contributed by atoms with Crippen LogP contribution in [0.2, 0.25) is 5.02 Å². The van der Waals surface area contributed by atoms with Gasteiger partial charge in [-0.3, -0.25) is 4.79 Å². The number of rotatable bonds is 2. The summed E-state index contributed by atoms with van der Waals surface area (Å²) in [6.07, 6.45) is -3.76. The molecule has 4 nitrogen and oxygen atoms in total. The Hall–Kier alpha value is -2.02. The van der Waals surface area contributed by atoms with Crippen LogP contribution in [0.4, 0.5) is 13.2 Å². The Labute approximate surface area is 109 Å². The van der Waals surface area contributed by atoms with Crippen LogP contribution in [0.25, 0.3) is 11.3 Å². The number of halogens is 4. The average Bonchev–Trinajstić information content (AvgIpc) is 2.30. The number of nitrogens with zero attached hydrogens (tertiary/aromatic N) is 1. The molecule has 0 fully saturated rings. The summed E-state index contributed by atoms with van der Waals surface area (Å²) in [6, 6.07) is 4.60. The number of alkyl halides is 3. The molecule has 0 amide bonds. The molecule has 0 bridgehead atoms. The minimum atomic E-state index is -4.84. The van der Waals surface area contributed by atoms with E-state index in [1.165, 1.54) is 12.1 Å². The van der Waals surface area contributed by atoms with Gasteiger partial charge < -0.3 is 9.72 Å². The predicted octanol–water partition coefficient (Wildman–Crippen LogP) is 2.99. The molecule has 8 heteroatoms. The molecule has 0 aliphatic rings. The van der Waals surface area contributed by atoms with Crippen molar-refractivity contribution in [3.05, 3.63) is 46.0 Å². The molecule has 2 rings (SSSR count). The van der Waals surface area contributed by atoms with Crippen molar-refractivity contribution < 1.29 is 17.9 Å². The molecule has 0 aliphatic heterocycles. The first kappa shape index (κ1) is 13.4. The third-order valence-corrected chi connectivity index (χ3v) is 2.36. The lowest BCUT2D eigenvalue weighted by Crippen LogP contribution is -2.18. The molecular weight excluding hydrogens is 285 g/mol. The number of hydrogen-bond acceptors (Lipinski definition) is 3. The molecule has 0 radical (unpaired) electrons. The van der Waals surface area contributed by atoms with E-state index < -0.39 is 17.7 Å². The maximum atomic E-state index is 12.3. The number of aromatic nitrogens is 2. The summed E-state index contributed by atoms with van der Waals surface area (Å²) in [5, 5.41) is 0.201. The smallest absolute Gasteiger partial charge is 0.405 e. The second-order valence-electron chi connectivity index (χ2n) is 3.48. The van der Waals surface area contributed by atoms with Gasteiger partial charge in [-0.05, 0) is 18.2 Å². The molecule has 1 aromatic carbocycles. The summed E-state index contributed by atoms with van der Waals surface area (Å²) < 4.78 is 40.7. The van der Waals surface area contributed by atoms with E-state index in [0.717, 1.165) is 18.5 Å². The highest BCUT2D eigenvalue weighted by Gasteiger charge is 2.32. The minimum Gasteiger partial charge on any atom is -0.405 e. The monoisotopic (exact) mass is 290 g/mol. The largest absolute Gasteiger partial charge is 0.573 e. The Bertz CT molecular complexity index is 655. The lowest BCUT2D eigenvalue weighted by atomic mass is 10.1. The van der Waals surface area contributed by atoms with Gasteiger partial charge in [0.2, 0.25) is 0 Å². The molecule has 2 aromatic rings. The highest BCUT2D eigenvalue weighted by atomic mass is 35.5. The summed E-state index contributed by atoms with van der Waals surface area (Å²) in [4.78, 5) is 17.2. The number of ether oxygens (including phenoxy) is 1. The molecule has 0 aliphatic carbocycles. The fourth-order valence-electron chi connectivity index (χ4n) is 1.43. The Kier molecular flexibility index (Phi) is 3.48. The van der Waals surface area contributed by atoms with E-state index in [1.807, 2.05) is 0 Å². The Morgan fingerprint density at radius 1 is 1.26 bits per heavy atom. The summed E-state index contributed by atoms with van der Waals surface area (Å²) in [7, 11) is 0. The van der Waals surface area contributed by atoms with Crippen LogP contribution in [0.1, 0.15) is 0 Å². The fraction of sp³-hybridized carbons (Fsp3) is 0.0909. The molecule has 0 atom stereocenters. The van der Waals surface area contributed by atoms with Crippen LogP contribution >= 0.6 is 11.6 Å². The first-order chi connectivity index (χ1) is 8.85. The standard InChI is InChI=1S/C11H6ClF3N2O2/c12-6-1-2-9(19-11(13,14)15)7(3-6)8-4-10(18)17-5-16-8/h1-5H,(H,16,17,18). The van der Waals surface area contributed by atoms with Crippen molar-refractivity contribution in [1.82, 2.24) is 9.97 Å². The van der Waals surface area contributed by atoms with Crippen molar-refractivity contribution in [3.8, 4) is 17.0 Å². The zero-order chi connectivity index (χ0) is 14.0. The van der Waals surface area contributed by atoms with Crippen LogP contribution < -0.4 is 10.3 Å². The van der Waals surface area contributed by atoms with Crippen molar-refractivity contribution >= 4 is 11.6 Å². The van der Waals surface area contributed by atoms with Crippen LogP contribution in [-0.2, 0) is 0 Å². The number of nitrogens with one attached hydrogen (secondary N) is 1. The number of hydrogen-bond donors (Lipinski definition) is 1. The van der Waals surface area contributed by atoms with E-state index >= 15 is 0 Å². The summed E-state index contributed by atoms with van der Waals surface area (Å²) in [6.45, 7) is 0. The second kappa shape index (κ2) is 4.93. The SMILES string of the molecule is O=c1cc(-c2cc(Cl)ccc2OC(F)(F)F)nc[nH]1. The molecule has 0 saturated heterocycles. The van der Waals surface area contributed by atoms with Crippen molar-refractivity contribution in [1.29, 1.82) is 0 Å². The molecule has 0 spiro atoms. The van der Waals surface area contributed by atoms with E-state index in [-0.39, 0.29) is 16.3 Å². The van der Waals surface area contributed by atoms with Crippen molar-refractivity contribution in [2.24, 2.45) is 0 Å². The molecule has 1 aromatic heterocycles. The van der Waals surface area contributed by atoms with Gasteiger partial charge in [0, 0.05) is 16.7 Å². The summed E-state index contributed by atoms with van der Waals surface area (Å²) in [5.41, 5.74) is -0.482. The third-order valence-electron chi connectivity index (χ3n) is 2.12. The van der Waals surface area contributed by atoms with Crippen LogP contribution in [0, 0.1) is 0 Å². The van der Waals surface area contributed by atoms with Crippen LogP contribution in [0.3, 0.4) is 0 Å². The minimum absolute atomic E-state index is 0.0177. The number of benzene rings is 1. The van der Waals surface area contributed by atoms with Crippen LogP contribution in [0.5, 0.6) is 5.75 Å². The van der Waals surface area contributed by atoms with Gasteiger partial charge in [-0.2, -0.15) is 0 Å². The molecule has 1 heterocycles. The Balaban J connectivity index is 2.55. The lowest BCUT2D eigenvalue weighted by molar-refractivity contribution is -0.274.